The summed E-state index contributed by atoms with van der Waals surface area (Å²) in [5.41, 5.74) is 1.52. The number of hydrogen-bond donors (Lipinski definition) is 0. The second-order valence-corrected chi connectivity index (χ2v) is 2.50. The number of benzene rings is 1. The predicted octanol–water partition coefficient (Wildman–Crippen LogP) is 1.68. The normalized spacial score (nSPS) is 9.92. The van der Waals surface area contributed by atoms with Crippen molar-refractivity contribution < 1.29 is 4.39 Å². The number of halogens is 1. The molecule has 2 rings (SSSR count). The molecular weight excluding hydrogens is 169 g/mol. The van der Waals surface area contributed by atoms with E-state index in [-0.39, 0.29) is 5.82 Å². The van der Waals surface area contributed by atoms with E-state index in [0.29, 0.717) is 5.69 Å². The lowest BCUT2D eigenvalue weighted by molar-refractivity contribution is 0.628. The summed E-state index contributed by atoms with van der Waals surface area (Å²) in [6.45, 7) is 0. The van der Waals surface area contributed by atoms with Gasteiger partial charge in [0.15, 0.2) is 0 Å². The van der Waals surface area contributed by atoms with E-state index in [1.165, 1.54) is 24.7 Å². The molecule has 13 heavy (non-hydrogen) atoms. The van der Waals surface area contributed by atoms with Crippen molar-refractivity contribution >= 4 is 0 Å². The standard InChI is InChI=1S/C9H6FN3/c10-8-3-1-7(2-4-8)9-5-12-13-6-11-9/h1-6H. The van der Waals surface area contributed by atoms with E-state index in [1.807, 2.05) is 0 Å². The van der Waals surface area contributed by atoms with Gasteiger partial charge in [0.1, 0.15) is 12.1 Å². The largest absolute Gasteiger partial charge is 0.233 e. The van der Waals surface area contributed by atoms with E-state index in [4.69, 9.17) is 0 Å². The fourth-order valence-corrected chi connectivity index (χ4v) is 1.01. The first-order valence-corrected chi connectivity index (χ1v) is 3.75. The van der Waals surface area contributed by atoms with E-state index >= 15 is 0 Å². The first kappa shape index (κ1) is 7.79. The Bertz CT molecular complexity index is 385. The molecule has 0 saturated heterocycles. The zero-order valence-corrected chi connectivity index (χ0v) is 6.68. The first-order chi connectivity index (χ1) is 6.36. The quantitative estimate of drug-likeness (QED) is 0.661. The third-order valence-electron chi connectivity index (χ3n) is 1.64. The Hall–Kier alpha value is -1.84. The molecule has 3 nitrogen and oxygen atoms in total. The highest BCUT2D eigenvalue weighted by atomic mass is 19.1. The molecule has 4 heteroatoms. The Kier molecular flexibility index (Phi) is 1.96. The highest BCUT2D eigenvalue weighted by Crippen LogP contribution is 2.14. The van der Waals surface area contributed by atoms with Gasteiger partial charge in [0.2, 0.25) is 0 Å². The summed E-state index contributed by atoms with van der Waals surface area (Å²) in [6, 6.07) is 6.08. The van der Waals surface area contributed by atoms with Crippen molar-refractivity contribution in [2.45, 2.75) is 0 Å². The minimum absolute atomic E-state index is 0.259. The highest BCUT2D eigenvalue weighted by molar-refractivity contribution is 5.57. The van der Waals surface area contributed by atoms with Gasteiger partial charge in [0.05, 0.1) is 11.9 Å². The van der Waals surface area contributed by atoms with E-state index in [1.54, 1.807) is 12.1 Å². The van der Waals surface area contributed by atoms with Crippen LogP contribution in [0.5, 0.6) is 0 Å². The molecule has 0 amide bonds. The number of aromatic nitrogens is 3. The summed E-state index contributed by atoms with van der Waals surface area (Å²) in [6.07, 6.45) is 2.89. The Balaban J connectivity index is 2.42. The van der Waals surface area contributed by atoms with E-state index in [0.717, 1.165) is 5.56 Å². The maximum Gasteiger partial charge on any atom is 0.138 e. The van der Waals surface area contributed by atoms with Gasteiger partial charge >= 0.3 is 0 Å². The Morgan fingerprint density at radius 3 is 2.38 bits per heavy atom. The molecule has 0 fully saturated rings. The Labute approximate surface area is 74.3 Å². The van der Waals surface area contributed by atoms with Crippen LogP contribution in [0.4, 0.5) is 4.39 Å². The minimum atomic E-state index is -0.259. The van der Waals surface area contributed by atoms with Crippen LogP contribution in [0.25, 0.3) is 11.3 Å². The van der Waals surface area contributed by atoms with Gasteiger partial charge in [0, 0.05) is 5.56 Å². The van der Waals surface area contributed by atoms with Crippen LogP contribution in [0.1, 0.15) is 0 Å². The van der Waals surface area contributed by atoms with Crippen LogP contribution >= 0.6 is 0 Å². The average molecular weight is 175 g/mol. The van der Waals surface area contributed by atoms with E-state index in [9.17, 15) is 4.39 Å². The maximum atomic E-state index is 12.6. The van der Waals surface area contributed by atoms with Gasteiger partial charge in [-0.3, -0.25) is 0 Å². The zero-order chi connectivity index (χ0) is 9.10. The molecule has 1 aromatic carbocycles. The lowest BCUT2D eigenvalue weighted by atomic mass is 10.2. The van der Waals surface area contributed by atoms with Crippen molar-refractivity contribution in [3.63, 3.8) is 0 Å². The summed E-state index contributed by atoms with van der Waals surface area (Å²) in [4.78, 5) is 3.98. The molecule has 0 saturated carbocycles. The van der Waals surface area contributed by atoms with Crippen LogP contribution in [0.2, 0.25) is 0 Å². The zero-order valence-electron chi connectivity index (χ0n) is 6.68. The fraction of sp³-hybridized carbons (Fsp3) is 0. The summed E-state index contributed by atoms with van der Waals surface area (Å²) >= 11 is 0. The topological polar surface area (TPSA) is 38.7 Å². The molecule has 1 aromatic heterocycles. The van der Waals surface area contributed by atoms with Gasteiger partial charge in [-0.15, -0.1) is 5.10 Å². The third kappa shape index (κ3) is 1.66. The molecule has 0 aliphatic heterocycles. The smallest absolute Gasteiger partial charge is 0.138 e. The summed E-state index contributed by atoms with van der Waals surface area (Å²) in [5.74, 6) is -0.259. The van der Waals surface area contributed by atoms with Crippen molar-refractivity contribution in [3.8, 4) is 11.3 Å². The maximum absolute atomic E-state index is 12.6. The van der Waals surface area contributed by atoms with Crippen LogP contribution in [0, 0.1) is 5.82 Å². The molecule has 0 unspecified atom stereocenters. The lowest BCUT2D eigenvalue weighted by Crippen LogP contribution is -1.87. The van der Waals surface area contributed by atoms with Gasteiger partial charge in [0.25, 0.3) is 0 Å². The molecule has 0 N–H and O–H groups in total. The van der Waals surface area contributed by atoms with Crippen LogP contribution < -0.4 is 0 Å². The van der Waals surface area contributed by atoms with Crippen LogP contribution in [-0.4, -0.2) is 15.2 Å². The predicted molar refractivity (Wildman–Crippen MR) is 45.2 cm³/mol. The molecule has 0 spiro atoms. The molecule has 0 aliphatic rings. The van der Waals surface area contributed by atoms with Crippen molar-refractivity contribution in [1.29, 1.82) is 0 Å². The van der Waals surface area contributed by atoms with Gasteiger partial charge in [-0.25, -0.2) is 9.37 Å². The molecule has 64 valence electrons. The molecule has 0 atom stereocenters. The monoisotopic (exact) mass is 175 g/mol. The van der Waals surface area contributed by atoms with Gasteiger partial charge in [-0.2, -0.15) is 5.10 Å². The molecule has 0 bridgehead atoms. The van der Waals surface area contributed by atoms with E-state index < -0.39 is 0 Å². The van der Waals surface area contributed by atoms with Gasteiger partial charge in [-0.05, 0) is 24.3 Å². The lowest BCUT2D eigenvalue weighted by Gasteiger charge is -1.97. The van der Waals surface area contributed by atoms with Crippen LogP contribution in [0.3, 0.4) is 0 Å². The number of nitrogens with zero attached hydrogens (tertiary/aromatic N) is 3. The molecule has 1 heterocycles. The highest BCUT2D eigenvalue weighted by Gasteiger charge is 1.98. The fourth-order valence-electron chi connectivity index (χ4n) is 1.01. The number of hydrogen-bond acceptors (Lipinski definition) is 3. The van der Waals surface area contributed by atoms with Crippen LogP contribution in [0.15, 0.2) is 36.8 Å². The third-order valence-corrected chi connectivity index (χ3v) is 1.64. The minimum Gasteiger partial charge on any atom is -0.233 e. The van der Waals surface area contributed by atoms with Crippen LogP contribution in [-0.2, 0) is 0 Å². The van der Waals surface area contributed by atoms with Gasteiger partial charge < -0.3 is 0 Å². The number of rotatable bonds is 1. The van der Waals surface area contributed by atoms with Crippen molar-refractivity contribution in [2.24, 2.45) is 0 Å². The molecular formula is C9H6FN3. The average Bonchev–Trinajstić information content (AvgIpc) is 2.20. The first-order valence-electron chi connectivity index (χ1n) is 3.75. The van der Waals surface area contributed by atoms with Gasteiger partial charge in [-0.1, -0.05) is 0 Å². The van der Waals surface area contributed by atoms with Crippen molar-refractivity contribution in [2.75, 3.05) is 0 Å². The second-order valence-electron chi connectivity index (χ2n) is 2.50. The Morgan fingerprint density at radius 1 is 1.00 bits per heavy atom. The summed E-state index contributed by atoms with van der Waals surface area (Å²) < 4.78 is 12.6. The van der Waals surface area contributed by atoms with Crippen molar-refractivity contribution in [1.82, 2.24) is 15.2 Å². The summed E-state index contributed by atoms with van der Waals surface area (Å²) in [7, 11) is 0. The van der Waals surface area contributed by atoms with Crippen molar-refractivity contribution in [3.05, 3.63) is 42.6 Å². The molecule has 0 radical (unpaired) electrons. The summed E-state index contributed by atoms with van der Waals surface area (Å²) in [5, 5.41) is 7.23. The van der Waals surface area contributed by atoms with E-state index in [2.05, 4.69) is 15.2 Å². The molecule has 0 aliphatic carbocycles. The SMILES string of the molecule is Fc1ccc(-c2cnncn2)cc1. The molecule has 2 aromatic rings. The Morgan fingerprint density at radius 2 is 1.77 bits per heavy atom. The second kappa shape index (κ2) is 3.26.